The lowest BCUT2D eigenvalue weighted by molar-refractivity contribution is 1.07. The summed E-state index contributed by atoms with van der Waals surface area (Å²) in [6.07, 6.45) is 0.499. The summed E-state index contributed by atoms with van der Waals surface area (Å²) in [7, 11) is 0. The van der Waals surface area contributed by atoms with E-state index in [1.807, 2.05) is 10.8 Å². The van der Waals surface area contributed by atoms with Crippen molar-refractivity contribution in [2.75, 3.05) is 11.9 Å². The molecule has 0 aliphatic heterocycles. The van der Waals surface area contributed by atoms with E-state index < -0.39 is 0 Å². The summed E-state index contributed by atoms with van der Waals surface area (Å²) in [4.78, 5) is 5.60. The van der Waals surface area contributed by atoms with Crippen molar-refractivity contribution in [1.82, 2.24) is 4.98 Å². The fraction of sp³-hybridized carbons (Fsp3) is 0.200. The number of thiazole rings is 1. The summed E-state index contributed by atoms with van der Waals surface area (Å²) in [6, 6.07) is 4.14. The first kappa shape index (κ1) is 11.6. The Kier molecular flexibility index (Phi) is 3.93. The molecular weight excluding hydrogens is 306 g/mol. The van der Waals surface area contributed by atoms with Crippen molar-refractivity contribution < 1.29 is 0 Å². The van der Waals surface area contributed by atoms with E-state index >= 15 is 0 Å². The summed E-state index contributed by atoms with van der Waals surface area (Å²) < 4.78 is 1.08. The first-order chi connectivity index (χ1) is 7.79. The first-order valence-corrected chi connectivity index (χ1v) is 7.15. The molecule has 0 aliphatic carbocycles. The van der Waals surface area contributed by atoms with Gasteiger partial charge in [-0.1, -0.05) is 0 Å². The van der Waals surface area contributed by atoms with Crippen molar-refractivity contribution >= 4 is 43.7 Å². The molecule has 2 rings (SSSR count). The zero-order valence-corrected chi connectivity index (χ0v) is 11.5. The van der Waals surface area contributed by atoms with Crippen LogP contribution in [-0.2, 0) is 0 Å². The predicted molar refractivity (Wildman–Crippen MR) is 71.8 cm³/mol. The summed E-state index contributed by atoms with van der Waals surface area (Å²) in [6.45, 7) is 0.650. The van der Waals surface area contributed by atoms with Gasteiger partial charge in [-0.25, -0.2) is 4.98 Å². The number of halogens is 1. The minimum Gasteiger partial charge on any atom is -0.360 e. The summed E-state index contributed by atoms with van der Waals surface area (Å²) in [5, 5.41) is 16.5. The molecule has 0 amide bonds. The third kappa shape index (κ3) is 2.82. The fourth-order valence-corrected chi connectivity index (χ4v) is 3.34. The van der Waals surface area contributed by atoms with Crippen LogP contribution in [0, 0.1) is 11.3 Å². The van der Waals surface area contributed by atoms with Gasteiger partial charge in [-0.2, -0.15) is 5.26 Å². The smallest absolute Gasteiger partial charge is 0.183 e. The monoisotopic (exact) mass is 313 g/mol. The van der Waals surface area contributed by atoms with Gasteiger partial charge in [0.05, 0.1) is 23.1 Å². The Hall–Kier alpha value is -0.900. The van der Waals surface area contributed by atoms with Crippen LogP contribution in [-0.4, -0.2) is 11.5 Å². The number of anilines is 1. The predicted octanol–water partition coefficient (Wildman–Crippen LogP) is 3.96. The van der Waals surface area contributed by atoms with Crippen molar-refractivity contribution in [3.63, 3.8) is 0 Å². The number of nitriles is 1. The molecule has 0 spiro atoms. The molecular formula is C10H8BrN3S2. The van der Waals surface area contributed by atoms with Crippen LogP contribution in [0.15, 0.2) is 21.3 Å². The number of hydrogen-bond acceptors (Lipinski definition) is 5. The molecule has 0 saturated carbocycles. The van der Waals surface area contributed by atoms with Crippen molar-refractivity contribution in [3.05, 3.63) is 21.3 Å². The lowest BCUT2D eigenvalue weighted by atomic mass is 10.4. The van der Waals surface area contributed by atoms with Gasteiger partial charge in [0.1, 0.15) is 0 Å². The molecule has 0 fully saturated rings. The normalized spacial score (nSPS) is 10.0. The highest BCUT2D eigenvalue weighted by Crippen LogP contribution is 2.31. The average Bonchev–Trinajstić information content (AvgIpc) is 2.87. The van der Waals surface area contributed by atoms with E-state index in [1.165, 1.54) is 0 Å². The molecule has 0 aromatic carbocycles. The third-order valence-electron chi connectivity index (χ3n) is 1.84. The van der Waals surface area contributed by atoms with Crippen molar-refractivity contribution in [1.29, 1.82) is 5.26 Å². The van der Waals surface area contributed by atoms with E-state index in [1.54, 1.807) is 22.7 Å². The third-order valence-corrected chi connectivity index (χ3v) is 4.35. The SMILES string of the molecule is N#CCCNc1nc(-c2cc(Br)cs2)cs1. The van der Waals surface area contributed by atoms with Crippen molar-refractivity contribution in [2.45, 2.75) is 6.42 Å². The van der Waals surface area contributed by atoms with Gasteiger partial charge < -0.3 is 5.32 Å². The second kappa shape index (κ2) is 5.43. The van der Waals surface area contributed by atoms with Gasteiger partial charge in [-0.3, -0.25) is 0 Å². The Bertz CT molecular complexity index is 512. The Morgan fingerprint density at radius 1 is 1.44 bits per heavy atom. The Morgan fingerprint density at radius 3 is 3.00 bits per heavy atom. The summed E-state index contributed by atoms with van der Waals surface area (Å²) in [5.41, 5.74) is 0.986. The van der Waals surface area contributed by atoms with Crippen LogP contribution in [0.25, 0.3) is 10.6 Å². The molecule has 16 heavy (non-hydrogen) atoms. The maximum Gasteiger partial charge on any atom is 0.183 e. The molecule has 3 nitrogen and oxygen atoms in total. The van der Waals surface area contributed by atoms with Gasteiger partial charge in [0.15, 0.2) is 5.13 Å². The average molecular weight is 314 g/mol. The van der Waals surface area contributed by atoms with E-state index in [9.17, 15) is 0 Å². The molecule has 0 unspecified atom stereocenters. The zero-order chi connectivity index (χ0) is 11.4. The molecule has 82 valence electrons. The van der Waals surface area contributed by atoms with E-state index in [-0.39, 0.29) is 0 Å². The van der Waals surface area contributed by atoms with Crippen molar-refractivity contribution in [2.24, 2.45) is 0 Å². The van der Waals surface area contributed by atoms with Crippen LogP contribution in [0.4, 0.5) is 5.13 Å². The van der Waals surface area contributed by atoms with Crippen LogP contribution >= 0.6 is 38.6 Å². The largest absolute Gasteiger partial charge is 0.360 e. The van der Waals surface area contributed by atoms with E-state index in [2.05, 4.69) is 38.4 Å². The van der Waals surface area contributed by atoms with Crippen molar-refractivity contribution in [3.8, 4) is 16.6 Å². The minimum atomic E-state index is 0.499. The highest BCUT2D eigenvalue weighted by Gasteiger charge is 2.06. The topological polar surface area (TPSA) is 48.7 Å². The highest BCUT2D eigenvalue weighted by molar-refractivity contribution is 9.10. The molecule has 0 atom stereocenters. The minimum absolute atomic E-state index is 0.499. The van der Waals surface area contributed by atoms with Gasteiger partial charge in [-0.15, -0.1) is 22.7 Å². The molecule has 2 aromatic rings. The fourth-order valence-electron chi connectivity index (χ4n) is 1.14. The highest BCUT2D eigenvalue weighted by atomic mass is 79.9. The Balaban J connectivity index is 2.05. The maximum atomic E-state index is 8.42. The summed E-state index contributed by atoms with van der Waals surface area (Å²) >= 11 is 6.65. The van der Waals surface area contributed by atoms with Gasteiger partial charge in [0.2, 0.25) is 0 Å². The second-order valence-electron chi connectivity index (χ2n) is 3.00. The lowest BCUT2D eigenvalue weighted by Crippen LogP contribution is -1.99. The molecule has 6 heteroatoms. The number of nitrogens with one attached hydrogen (secondary N) is 1. The van der Waals surface area contributed by atoms with Gasteiger partial charge in [-0.05, 0) is 22.0 Å². The molecule has 0 bridgehead atoms. The van der Waals surface area contributed by atoms with E-state index in [4.69, 9.17) is 5.26 Å². The number of nitrogens with zero attached hydrogens (tertiary/aromatic N) is 2. The van der Waals surface area contributed by atoms with Gasteiger partial charge in [0.25, 0.3) is 0 Å². The molecule has 0 aliphatic rings. The maximum absolute atomic E-state index is 8.42. The Morgan fingerprint density at radius 2 is 2.31 bits per heavy atom. The summed E-state index contributed by atoms with van der Waals surface area (Å²) in [5.74, 6) is 0. The first-order valence-electron chi connectivity index (χ1n) is 4.60. The zero-order valence-electron chi connectivity index (χ0n) is 8.24. The molecule has 2 heterocycles. The van der Waals surface area contributed by atoms with E-state index in [0.717, 1.165) is 20.2 Å². The van der Waals surface area contributed by atoms with Crippen LogP contribution < -0.4 is 5.32 Å². The lowest BCUT2D eigenvalue weighted by Gasteiger charge is -1.95. The number of thiophene rings is 1. The van der Waals surface area contributed by atoms with E-state index in [0.29, 0.717) is 13.0 Å². The number of rotatable bonds is 4. The van der Waals surface area contributed by atoms with Gasteiger partial charge >= 0.3 is 0 Å². The molecule has 0 radical (unpaired) electrons. The number of aromatic nitrogens is 1. The quantitative estimate of drug-likeness (QED) is 0.869. The van der Waals surface area contributed by atoms with Crippen LogP contribution in [0.3, 0.4) is 0 Å². The number of hydrogen-bond donors (Lipinski definition) is 1. The Labute approximate surface area is 110 Å². The second-order valence-corrected chi connectivity index (χ2v) is 5.69. The van der Waals surface area contributed by atoms with Crippen LogP contribution in [0.2, 0.25) is 0 Å². The standard InChI is InChI=1S/C10H8BrN3S2/c11-7-4-9(15-5-7)8-6-16-10(14-8)13-3-1-2-12/h4-6H,1,3H2,(H,13,14). The molecule has 0 saturated heterocycles. The molecule has 2 aromatic heterocycles. The molecule has 1 N–H and O–H groups in total. The van der Waals surface area contributed by atoms with Crippen LogP contribution in [0.5, 0.6) is 0 Å². The van der Waals surface area contributed by atoms with Crippen LogP contribution in [0.1, 0.15) is 6.42 Å². The van der Waals surface area contributed by atoms with Gasteiger partial charge in [0, 0.05) is 21.8 Å².